The summed E-state index contributed by atoms with van der Waals surface area (Å²) in [6, 6.07) is 4.21. The molecular formula is C14H17ClFN5O. The lowest BCUT2D eigenvalue weighted by atomic mass is 10.2. The van der Waals surface area contributed by atoms with Crippen LogP contribution in [0.25, 0.3) is 5.69 Å². The summed E-state index contributed by atoms with van der Waals surface area (Å²) in [5, 5.41) is 13.6. The fraction of sp³-hybridized carbons (Fsp3) is 0.357. The largest absolute Gasteiger partial charge is 0.351 e. The molecule has 0 fully saturated rings. The Balaban J connectivity index is 2.15. The molecule has 2 N–H and O–H groups in total. The Kier molecular flexibility index (Phi) is 5.46. The van der Waals surface area contributed by atoms with E-state index in [4.69, 9.17) is 11.6 Å². The molecule has 2 aromatic rings. The Morgan fingerprint density at radius 3 is 2.86 bits per heavy atom. The lowest BCUT2D eigenvalue weighted by Crippen LogP contribution is -2.27. The second kappa shape index (κ2) is 7.33. The van der Waals surface area contributed by atoms with E-state index < -0.39 is 5.82 Å². The van der Waals surface area contributed by atoms with E-state index in [0.29, 0.717) is 17.9 Å². The fourth-order valence-corrected chi connectivity index (χ4v) is 2.13. The monoisotopic (exact) mass is 325 g/mol. The molecule has 22 heavy (non-hydrogen) atoms. The van der Waals surface area contributed by atoms with Crippen LogP contribution < -0.4 is 10.6 Å². The number of hydrogen-bond donors (Lipinski definition) is 2. The van der Waals surface area contributed by atoms with E-state index in [1.165, 1.54) is 22.9 Å². The average molecular weight is 326 g/mol. The van der Waals surface area contributed by atoms with Crippen LogP contribution in [0.3, 0.4) is 0 Å². The van der Waals surface area contributed by atoms with Crippen molar-refractivity contribution < 1.29 is 9.18 Å². The third kappa shape index (κ3) is 3.61. The third-order valence-corrected chi connectivity index (χ3v) is 3.44. The molecule has 0 spiro atoms. The lowest BCUT2D eigenvalue weighted by molar-refractivity contribution is 0.0947. The highest BCUT2D eigenvalue weighted by Gasteiger charge is 2.17. The molecule has 1 heterocycles. The number of amides is 1. The van der Waals surface area contributed by atoms with Gasteiger partial charge in [-0.15, -0.1) is 5.10 Å². The average Bonchev–Trinajstić information content (AvgIpc) is 2.88. The molecule has 0 atom stereocenters. The van der Waals surface area contributed by atoms with Gasteiger partial charge in [-0.3, -0.25) is 4.79 Å². The van der Waals surface area contributed by atoms with E-state index in [1.807, 2.05) is 7.05 Å². The zero-order valence-corrected chi connectivity index (χ0v) is 13.1. The summed E-state index contributed by atoms with van der Waals surface area (Å²) in [6.45, 7) is 3.09. The van der Waals surface area contributed by atoms with Gasteiger partial charge in [0.2, 0.25) is 0 Å². The smallest absolute Gasteiger partial charge is 0.273 e. The summed E-state index contributed by atoms with van der Waals surface area (Å²) >= 11 is 5.76. The zero-order valence-electron chi connectivity index (χ0n) is 12.4. The van der Waals surface area contributed by atoms with E-state index >= 15 is 0 Å². The van der Waals surface area contributed by atoms with Crippen molar-refractivity contribution in [1.82, 2.24) is 25.6 Å². The molecule has 0 aliphatic heterocycles. The number of benzene rings is 1. The summed E-state index contributed by atoms with van der Waals surface area (Å²) in [6.07, 6.45) is 0.822. The van der Waals surface area contributed by atoms with Crippen molar-refractivity contribution in [2.45, 2.75) is 13.3 Å². The molecule has 1 aromatic heterocycles. The van der Waals surface area contributed by atoms with E-state index in [9.17, 15) is 9.18 Å². The maximum absolute atomic E-state index is 13.2. The van der Waals surface area contributed by atoms with Crippen LogP contribution in [0.15, 0.2) is 18.2 Å². The van der Waals surface area contributed by atoms with Gasteiger partial charge in [0.15, 0.2) is 5.69 Å². The van der Waals surface area contributed by atoms with Gasteiger partial charge in [0, 0.05) is 6.54 Å². The van der Waals surface area contributed by atoms with Crippen LogP contribution in [-0.4, -0.2) is 41.0 Å². The lowest BCUT2D eigenvalue weighted by Gasteiger charge is -2.05. The quantitative estimate of drug-likeness (QED) is 0.793. The molecule has 6 nitrogen and oxygen atoms in total. The number of nitrogens with one attached hydrogen (secondary N) is 2. The van der Waals surface area contributed by atoms with Crippen molar-refractivity contribution in [1.29, 1.82) is 0 Å². The van der Waals surface area contributed by atoms with Crippen LogP contribution in [0.1, 0.15) is 22.6 Å². The molecule has 0 aliphatic carbocycles. The Labute approximate surface area is 132 Å². The summed E-state index contributed by atoms with van der Waals surface area (Å²) < 4.78 is 14.7. The first-order chi connectivity index (χ1) is 10.5. The number of carbonyl (C=O) groups is 1. The standard InChI is InChI=1S/C14H17ClFN5O/c1-9-13(14(22)18-7-3-6-17-2)19-20-21(9)10-4-5-12(16)11(15)8-10/h4-5,8,17H,3,6-7H2,1-2H3,(H,18,22). The van der Waals surface area contributed by atoms with Gasteiger partial charge in [-0.2, -0.15) is 0 Å². The Hall–Kier alpha value is -1.99. The van der Waals surface area contributed by atoms with Crippen LogP contribution in [-0.2, 0) is 0 Å². The highest BCUT2D eigenvalue weighted by atomic mass is 35.5. The first-order valence-electron chi connectivity index (χ1n) is 6.85. The van der Waals surface area contributed by atoms with E-state index in [-0.39, 0.29) is 16.6 Å². The van der Waals surface area contributed by atoms with Crippen molar-refractivity contribution in [3.63, 3.8) is 0 Å². The molecule has 1 aromatic carbocycles. The zero-order chi connectivity index (χ0) is 16.1. The van der Waals surface area contributed by atoms with E-state index in [2.05, 4.69) is 20.9 Å². The van der Waals surface area contributed by atoms with Gasteiger partial charge < -0.3 is 10.6 Å². The van der Waals surface area contributed by atoms with Crippen molar-refractivity contribution in [3.05, 3.63) is 40.4 Å². The molecule has 1 amide bonds. The molecular weight excluding hydrogens is 309 g/mol. The number of halogens is 2. The molecule has 2 rings (SSSR count). The van der Waals surface area contributed by atoms with Gasteiger partial charge in [-0.25, -0.2) is 9.07 Å². The Morgan fingerprint density at radius 2 is 2.18 bits per heavy atom. The molecule has 0 radical (unpaired) electrons. The predicted octanol–water partition coefficient (Wildman–Crippen LogP) is 1.71. The van der Waals surface area contributed by atoms with E-state index in [1.54, 1.807) is 6.92 Å². The molecule has 8 heteroatoms. The Bertz CT molecular complexity index is 673. The first kappa shape index (κ1) is 16.4. The second-order valence-corrected chi connectivity index (χ2v) is 5.15. The van der Waals surface area contributed by atoms with Gasteiger partial charge in [0.05, 0.1) is 16.4 Å². The molecule has 0 bridgehead atoms. The molecule has 0 unspecified atom stereocenters. The van der Waals surface area contributed by atoms with Crippen LogP contribution in [0.5, 0.6) is 0 Å². The molecule has 0 saturated heterocycles. The molecule has 0 saturated carbocycles. The fourth-order valence-electron chi connectivity index (χ4n) is 1.95. The normalized spacial score (nSPS) is 10.7. The minimum absolute atomic E-state index is 0.00883. The SMILES string of the molecule is CNCCCNC(=O)c1nnn(-c2ccc(F)c(Cl)c2)c1C. The number of carbonyl (C=O) groups excluding carboxylic acids is 1. The summed E-state index contributed by atoms with van der Waals surface area (Å²) in [5.41, 5.74) is 1.35. The van der Waals surface area contributed by atoms with Gasteiger partial charge in [-0.05, 0) is 45.1 Å². The van der Waals surface area contributed by atoms with Crippen molar-refractivity contribution >= 4 is 17.5 Å². The highest BCUT2D eigenvalue weighted by molar-refractivity contribution is 6.30. The Morgan fingerprint density at radius 1 is 1.41 bits per heavy atom. The number of hydrogen-bond acceptors (Lipinski definition) is 4. The number of aromatic nitrogens is 3. The van der Waals surface area contributed by atoms with E-state index in [0.717, 1.165) is 13.0 Å². The summed E-state index contributed by atoms with van der Waals surface area (Å²) in [7, 11) is 1.85. The predicted molar refractivity (Wildman–Crippen MR) is 81.9 cm³/mol. The molecule has 0 aliphatic rings. The molecule has 118 valence electrons. The summed E-state index contributed by atoms with van der Waals surface area (Å²) in [5.74, 6) is -0.793. The van der Waals surface area contributed by atoms with Crippen molar-refractivity contribution in [2.24, 2.45) is 0 Å². The van der Waals surface area contributed by atoms with Crippen LogP contribution in [0, 0.1) is 12.7 Å². The minimum atomic E-state index is -0.509. The van der Waals surface area contributed by atoms with Crippen molar-refractivity contribution in [2.75, 3.05) is 20.1 Å². The van der Waals surface area contributed by atoms with Crippen LogP contribution >= 0.6 is 11.6 Å². The minimum Gasteiger partial charge on any atom is -0.351 e. The second-order valence-electron chi connectivity index (χ2n) is 4.75. The number of rotatable bonds is 6. The maximum Gasteiger partial charge on any atom is 0.273 e. The van der Waals surface area contributed by atoms with Gasteiger partial charge >= 0.3 is 0 Å². The van der Waals surface area contributed by atoms with Crippen LogP contribution in [0.4, 0.5) is 4.39 Å². The maximum atomic E-state index is 13.2. The van der Waals surface area contributed by atoms with Gasteiger partial charge in [0.1, 0.15) is 5.82 Å². The van der Waals surface area contributed by atoms with Crippen molar-refractivity contribution in [3.8, 4) is 5.69 Å². The van der Waals surface area contributed by atoms with Gasteiger partial charge in [-0.1, -0.05) is 16.8 Å². The van der Waals surface area contributed by atoms with Gasteiger partial charge in [0.25, 0.3) is 5.91 Å². The number of nitrogens with zero attached hydrogens (tertiary/aromatic N) is 3. The van der Waals surface area contributed by atoms with Crippen LogP contribution in [0.2, 0.25) is 5.02 Å². The first-order valence-corrected chi connectivity index (χ1v) is 7.23. The third-order valence-electron chi connectivity index (χ3n) is 3.15. The summed E-state index contributed by atoms with van der Waals surface area (Å²) in [4.78, 5) is 12.1. The topological polar surface area (TPSA) is 71.8 Å². The highest BCUT2D eigenvalue weighted by Crippen LogP contribution is 2.20.